The average Bonchev–Trinajstić information content (AvgIpc) is 2.16. The van der Waals surface area contributed by atoms with Crippen LogP contribution >= 0.6 is 0 Å². The van der Waals surface area contributed by atoms with Crippen LogP contribution < -0.4 is 16.6 Å². The van der Waals surface area contributed by atoms with Gasteiger partial charge >= 0.3 is 0 Å². The van der Waals surface area contributed by atoms with E-state index in [0.717, 1.165) is 18.7 Å². The summed E-state index contributed by atoms with van der Waals surface area (Å²) in [5, 5.41) is 12.3. The van der Waals surface area contributed by atoms with Crippen molar-refractivity contribution in [2.45, 2.75) is 25.0 Å². The Bertz CT molecular complexity index is 312. The zero-order valence-electron chi connectivity index (χ0n) is 7.64. The molecule has 0 unspecified atom stereocenters. The second-order valence-electron chi connectivity index (χ2n) is 3.40. The van der Waals surface area contributed by atoms with Crippen molar-refractivity contribution in [2.75, 3.05) is 10.7 Å². The lowest BCUT2D eigenvalue weighted by molar-refractivity contribution is 0.0835. The topological polar surface area (TPSA) is 96.1 Å². The molecule has 0 amide bonds. The van der Waals surface area contributed by atoms with Gasteiger partial charge in [-0.2, -0.15) is 0 Å². The zero-order chi connectivity index (χ0) is 9.97. The zero-order valence-corrected chi connectivity index (χ0v) is 7.64. The number of hydrogen-bond donors (Lipinski definition) is 4. The van der Waals surface area contributed by atoms with E-state index in [4.69, 9.17) is 10.9 Å². The number of anilines is 2. The molecule has 5 N–H and O–H groups in total. The highest BCUT2D eigenvalue weighted by molar-refractivity contribution is 5.46. The maximum Gasteiger partial charge on any atom is 0.145 e. The first-order valence-corrected chi connectivity index (χ1v) is 4.51. The third kappa shape index (κ3) is 1.91. The van der Waals surface area contributed by atoms with Gasteiger partial charge in [-0.15, -0.1) is 0 Å². The minimum atomic E-state index is -0.165. The van der Waals surface area contributed by atoms with Crippen LogP contribution in [-0.4, -0.2) is 27.2 Å². The fraction of sp³-hybridized carbons (Fsp3) is 0.500. The molecule has 2 rings (SSSR count). The summed E-state index contributed by atoms with van der Waals surface area (Å²) in [6.45, 7) is 0. The van der Waals surface area contributed by atoms with Crippen LogP contribution in [0.15, 0.2) is 12.4 Å². The highest BCUT2D eigenvalue weighted by Crippen LogP contribution is 2.23. The molecule has 0 saturated heterocycles. The smallest absolute Gasteiger partial charge is 0.145 e. The standard InChI is InChI=1S/C8H13N5O/c9-13-8-3-7(10-4-11-8)12-5-1-6(14)2-5/h3-6,14H,1-2,9H2,(H2,10,11,12,13). The summed E-state index contributed by atoms with van der Waals surface area (Å²) < 4.78 is 0. The van der Waals surface area contributed by atoms with Gasteiger partial charge in [-0.3, -0.25) is 0 Å². The van der Waals surface area contributed by atoms with E-state index in [1.165, 1.54) is 6.33 Å². The second-order valence-corrected chi connectivity index (χ2v) is 3.40. The number of rotatable bonds is 3. The molecule has 0 atom stereocenters. The van der Waals surface area contributed by atoms with Gasteiger partial charge in [-0.1, -0.05) is 0 Å². The van der Waals surface area contributed by atoms with Crippen molar-refractivity contribution in [3.63, 3.8) is 0 Å². The highest BCUT2D eigenvalue weighted by atomic mass is 16.3. The largest absolute Gasteiger partial charge is 0.393 e. The van der Waals surface area contributed by atoms with Crippen LogP contribution in [0.2, 0.25) is 0 Å². The van der Waals surface area contributed by atoms with Crippen LogP contribution in [-0.2, 0) is 0 Å². The number of hydrogen-bond acceptors (Lipinski definition) is 6. The maximum atomic E-state index is 9.09. The normalized spacial score (nSPS) is 25.3. The number of aliphatic hydroxyl groups excluding tert-OH is 1. The molecule has 0 aliphatic heterocycles. The third-order valence-corrected chi connectivity index (χ3v) is 2.28. The van der Waals surface area contributed by atoms with Crippen LogP contribution in [0.25, 0.3) is 0 Å². The van der Waals surface area contributed by atoms with Gasteiger partial charge in [-0.05, 0) is 12.8 Å². The Balaban J connectivity index is 1.95. The van der Waals surface area contributed by atoms with E-state index in [0.29, 0.717) is 11.9 Å². The van der Waals surface area contributed by atoms with E-state index in [1.807, 2.05) is 0 Å². The summed E-state index contributed by atoms with van der Waals surface area (Å²) in [4.78, 5) is 7.92. The maximum absolute atomic E-state index is 9.09. The van der Waals surface area contributed by atoms with Gasteiger partial charge in [0.25, 0.3) is 0 Å². The van der Waals surface area contributed by atoms with E-state index in [-0.39, 0.29) is 6.10 Å². The minimum Gasteiger partial charge on any atom is -0.393 e. The van der Waals surface area contributed by atoms with Crippen molar-refractivity contribution in [3.8, 4) is 0 Å². The minimum absolute atomic E-state index is 0.165. The molecule has 0 aromatic carbocycles. The number of nitrogens with two attached hydrogens (primary N) is 1. The third-order valence-electron chi connectivity index (χ3n) is 2.28. The Labute approximate surface area is 81.5 Å². The predicted octanol–water partition coefficient (Wildman–Crippen LogP) is -0.303. The molecule has 0 spiro atoms. The summed E-state index contributed by atoms with van der Waals surface area (Å²) in [5.74, 6) is 6.51. The molecule has 0 bridgehead atoms. The predicted molar refractivity (Wildman–Crippen MR) is 52.5 cm³/mol. The number of aromatic nitrogens is 2. The van der Waals surface area contributed by atoms with E-state index >= 15 is 0 Å². The Morgan fingerprint density at radius 1 is 1.36 bits per heavy atom. The van der Waals surface area contributed by atoms with Gasteiger partial charge in [0, 0.05) is 12.1 Å². The summed E-state index contributed by atoms with van der Waals surface area (Å²) >= 11 is 0. The lowest BCUT2D eigenvalue weighted by Gasteiger charge is -2.32. The molecule has 14 heavy (non-hydrogen) atoms. The molecule has 6 heteroatoms. The van der Waals surface area contributed by atoms with Gasteiger partial charge in [0.1, 0.15) is 18.0 Å². The van der Waals surface area contributed by atoms with Gasteiger partial charge in [-0.25, -0.2) is 15.8 Å². The molecule has 1 heterocycles. The van der Waals surface area contributed by atoms with Crippen molar-refractivity contribution >= 4 is 11.6 Å². The van der Waals surface area contributed by atoms with E-state index in [1.54, 1.807) is 6.07 Å². The Morgan fingerprint density at radius 3 is 2.71 bits per heavy atom. The Morgan fingerprint density at radius 2 is 2.07 bits per heavy atom. The average molecular weight is 195 g/mol. The monoisotopic (exact) mass is 195 g/mol. The van der Waals surface area contributed by atoms with E-state index in [9.17, 15) is 0 Å². The first-order chi connectivity index (χ1) is 6.78. The molecular formula is C8H13N5O. The van der Waals surface area contributed by atoms with Crippen molar-refractivity contribution in [1.82, 2.24) is 9.97 Å². The van der Waals surface area contributed by atoms with Crippen molar-refractivity contribution < 1.29 is 5.11 Å². The van der Waals surface area contributed by atoms with Crippen molar-refractivity contribution in [1.29, 1.82) is 0 Å². The SMILES string of the molecule is NNc1cc(NC2CC(O)C2)ncn1. The van der Waals surface area contributed by atoms with Gasteiger partial charge in [0.2, 0.25) is 0 Å². The number of nitrogens with one attached hydrogen (secondary N) is 2. The molecule has 1 aliphatic rings. The molecule has 1 aliphatic carbocycles. The number of nitrogen functional groups attached to an aromatic ring is 1. The quantitative estimate of drug-likeness (QED) is 0.390. The van der Waals surface area contributed by atoms with Crippen LogP contribution in [0.5, 0.6) is 0 Å². The molecule has 6 nitrogen and oxygen atoms in total. The summed E-state index contributed by atoms with van der Waals surface area (Å²) in [6.07, 6.45) is 2.82. The van der Waals surface area contributed by atoms with Gasteiger partial charge in [0.15, 0.2) is 0 Å². The molecular weight excluding hydrogens is 182 g/mol. The summed E-state index contributed by atoms with van der Waals surface area (Å²) in [5.41, 5.74) is 2.44. The van der Waals surface area contributed by atoms with Crippen LogP contribution in [0.3, 0.4) is 0 Å². The molecule has 1 saturated carbocycles. The van der Waals surface area contributed by atoms with Crippen LogP contribution in [0, 0.1) is 0 Å². The van der Waals surface area contributed by atoms with E-state index in [2.05, 4.69) is 20.7 Å². The lowest BCUT2D eigenvalue weighted by atomic mass is 9.89. The van der Waals surface area contributed by atoms with Gasteiger partial charge < -0.3 is 15.8 Å². The van der Waals surface area contributed by atoms with Gasteiger partial charge in [0.05, 0.1) is 6.10 Å². The van der Waals surface area contributed by atoms with Crippen molar-refractivity contribution in [3.05, 3.63) is 12.4 Å². The number of aliphatic hydroxyl groups is 1. The molecule has 1 aromatic rings. The molecule has 1 fully saturated rings. The first-order valence-electron chi connectivity index (χ1n) is 4.51. The number of hydrazine groups is 1. The van der Waals surface area contributed by atoms with Crippen molar-refractivity contribution in [2.24, 2.45) is 5.84 Å². The molecule has 1 aromatic heterocycles. The molecule has 76 valence electrons. The Kier molecular flexibility index (Phi) is 2.47. The molecule has 0 radical (unpaired) electrons. The van der Waals surface area contributed by atoms with Crippen LogP contribution in [0.1, 0.15) is 12.8 Å². The fourth-order valence-electron chi connectivity index (χ4n) is 1.43. The highest BCUT2D eigenvalue weighted by Gasteiger charge is 2.27. The second kappa shape index (κ2) is 3.77. The summed E-state index contributed by atoms with van der Waals surface area (Å²) in [7, 11) is 0. The Hall–Kier alpha value is -1.40. The fourth-order valence-corrected chi connectivity index (χ4v) is 1.43. The van der Waals surface area contributed by atoms with E-state index < -0.39 is 0 Å². The first kappa shape index (κ1) is 9.17. The summed E-state index contributed by atoms with van der Waals surface area (Å²) in [6, 6.07) is 2.04. The lowest BCUT2D eigenvalue weighted by Crippen LogP contribution is -2.39. The number of nitrogens with zero attached hydrogens (tertiary/aromatic N) is 2. The van der Waals surface area contributed by atoms with Crippen LogP contribution in [0.4, 0.5) is 11.6 Å².